The van der Waals surface area contributed by atoms with Crippen molar-refractivity contribution in [3.63, 3.8) is 0 Å². The average molecular weight is 348 g/mol. The molecule has 6 nitrogen and oxygen atoms in total. The molecular weight excluding hydrogens is 326 g/mol. The highest BCUT2D eigenvalue weighted by atomic mass is 35.5. The largest absolute Gasteiger partial charge is 0.309 e. The van der Waals surface area contributed by atoms with Crippen LogP contribution in [-0.4, -0.2) is 44.7 Å². The van der Waals surface area contributed by atoms with Crippen molar-refractivity contribution in [1.29, 1.82) is 0 Å². The SMILES string of the molecule is C[C@@H](C(=O)Nc1ccc(Cl)cn1)N1CCC[C@H](c2ccnn2C)C1. The van der Waals surface area contributed by atoms with Crippen molar-refractivity contribution in [2.75, 3.05) is 18.4 Å². The first kappa shape index (κ1) is 16.9. The van der Waals surface area contributed by atoms with E-state index in [1.165, 1.54) is 11.9 Å². The van der Waals surface area contributed by atoms with Crippen molar-refractivity contribution in [3.05, 3.63) is 41.3 Å². The van der Waals surface area contributed by atoms with E-state index in [0.717, 1.165) is 25.9 Å². The summed E-state index contributed by atoms with van der Waals surface area (Å²) in [5, 5.41) is 7.67. The summed E-state index contributed by atoms with van der Waals surface area (Å²) in [6.45, 7) is 3.73. The molecule has 0 aliphatic carbocycles. The summed E-state index contributed by atoms with van der Waals surface area (Å²) in [5.41, 5.74) is 1.23. The van der Waals surface area contributed by atoms with Crippen molar-refractivity contribution in [2.45, 2.75) is 31.7 Å². The number of halogens is 1. The van der Waals surface area contributed by atoms with E-state index in [0.29, 0.717) is 16.8 Å². The number of nitrogens with one attached hydrogen (secondary N) is 1. The zero-order valence-corrected chi connectivity index (χ0v) is 14.7. The standard InChI is InChI=1S/C17H22ClN5O/c1-12(17(24)21-16-6-5-14(18)10-19-16)23-9-3-4-13(11-23)15-7-8-20-22(15)2/h5-8,10,12-13H,3-4,9,11H2,1-2H3,(H,19,21,24)/t12-,13-/m0/s1. The van der Waals surface area contributed by atoms with Gasteiger partial charge in [-0.25, -0.2) is 4.98 Å². The van der Waals surface area contributed by atoms with E-state index in [1.807, 2.05) is 24.9 Å². The molecular formula is C17H22ClN5O. The smallest absolute Gasteiger partial charge is 0.242 e. The van der Waals surface area contributed by atoms with Gasteiger partial charge < -0.3 is 5.32 Å². The van der Waals surface area contributed by atoms with Crippen LogP contribution in [0.5, 0.6) is 0 Å². The van der Waals surface area contributed by atoms with Crippen LogP contribution in [0.25, 0.3) is 0 Å². The molecule has 24 heavy (non-hydrogen) atoms. The second kappa shape index (κ2) is 7.32. The Kier molecular flexibility index (Phi) is 5.16. The molecule has 0 unspecified atom stereocenters. The van der Waals surface area contributed by atoms with Crippen molar-refractivity contribution in [1.82, 2.24) is 19.7 Å². The molecule has 0 bridgehead atoms. The van der Waals surface area contributed by atoms with Crippen LogP contribution in [0.3, 0.4) is 0 Å². The maximum atomic E-state index is 12.5. The summed E-state index contributed by atoms with van der Waals surface area (Å²) in [6.07, 6.45) is 5.56. The number of carbonyl (C=O) groups is 1. The predicted molar refractivity (Wildman–Crippen MR) is 94.1 cm³/mol. The van der Waals surface area contributed by atoms with Crippen LogP contribution >= 0.6 is 11.6 Å². The second-order valence-electron chi connectivity index (χ2n) is 6.24. The van der Waals surface area contributed by atoms with Crippen LogP contribution in [0.1, 0.15) is 31.4 Å². The fraction of sp³-hybridized carbons (Fsp3) is 0.471. The Labute approximate surface area is 146 Å². The van der Waals surface area contributed by atoms with E-state index in [2.05, 4.69) is 26.4 Å². The van der Waals surface area contributed by atoms with E-state index >= 15 is 0 Å². The highest BCUT2D eigenvalue weighted by Gasteiger charge is 2.29. The summed E-state index contributed by atoms with van der Waals surface area (Å²) >= 11 is 5.82. The Bertz CT molecular complexity index is 699. The lowest BCUT2D eigenvalue weighted by molar-refractivity contribution is -0.121. The molecule has 3 rings (SSSR count). The zero-order valence-electron chi connectivity index (χ0n) is 13.9. The molecule has 2 aromatic rings. The molecule has 2 aromatic heterocycles. The molecule has 0 saturated carbocycles. The van der Waals surface area contributed by atoms with Gasteiger partial charge in [-0.1, -0.05) is 11.6 Å². The fourth-order valence-corrected chi connectivity index (χ4v) is 3.34. The fourth-order valence-electron chi connectivity index (χ4n) is 3.23. The minimum atomic E-state index is -0.210. The monoisotopic (exact) mass is 347 g/mol. The van der Waals surface area contributed by atoms with E-state index in [1.54, 1.807) is 12.1 Å². The molecule has 1 N–H and O–H groups in total. The Morgan fingerprint density at radius 3 is 2.92 bits per heavy atom. The van der Waals surface area contributed by atoms with Crippen LogP contribution in [-0.2, 0) is 11.8 Å². The van der Waals surface area contributed by atoms with Crippen LogP contribution < -0.4 is 5.32 Å². The lowest BCUT2D eigenvalue weighted by Crippen LogP contribution is -2.46. The molecule has 1 aliphatic heterocycles. The lowest BCUT2D eigenvalue weighted by atomic mass is 9.93. The summed E-state index contributed by atoms with van der Waals surface area (Å²) in [6, 6.07) is 5.28. The number of hydrogen-bond donors (Lipinski definition) is 1. The number of anilines is 1. The van der Waals surface area contributed by atoms with Crippen LogP contribution in [0.2, 0.25) is 5.02 Å². The number of piperidine rings is 1. The third-order valence-electron chi connectivity index (χ3n) is 4.64. The van der Waals surface area contributed by atoms with Gasteiger partial charge in [0.2, 0.25) is 5.91 Å². The zero-order chi connectivity index (χ0) is 17.1. The molecule has 1 aliphatic rings. The van der Waals surface area contributed by atoms with Crippen LogP contribution in [0.15, 0.2) is 30.6 Å². The van der Waals surface area contributed by atoms with Gasteiger partial charge in [0, 0.05) is 37.6 Å². The van der Waals surface area contributed by atoms with Gasteiger partial charge in [-0.15, -0.1) is 0 Å². The molecule has 2 atom stereocenters. The molecule has 0 aromatic carbocycles. The van der Waals surface area contributed by atoms with Gasteiger partial charge in [0.15, 0.2) is 0 Å². The second-order valence-corrected chi connectivity index (χ2v) is 6.68. The maximum absolute atomic E-state index is 12.5. The van der Waals surface area contributed by atoms with Gasteiger partial charge in [-0.3, -0.25) is 14.4 Å². The number of hydrogen-bond acceptors (Lipinski definition) is 4. The summed E-state index contributed by atoms with van der Waals surface area (Å²) < 4.78 is 1.93. The Morgan fingerprint density at radius 2 is 2.25 bits per heavy atom. The first-order valence-corrected chi connectivity index (χ1v) is 8.57. The van der Waals surface area contributed by atoms with E-state index in [-0.39, 0.29) is 11.9 Å². The number of aromatic nitrogens is 3. The number of likely N-dealkylation sites (tertiary alicyclic amines) is 1. The van der Waals surface area contributed by atoms with E-state index in [4.69, 9.17) is 11.6 Å². The Hall–Kier alpha value is -1.92. The Morgan fingerprint density at radius 1 is 1.42 bits per heavy atom. The maximum Gasteiger partial charge on any atom is 0.242 e. The third-order valence-corrected chi connectivity index (χ3v) is 4.86. The Balaban J connectivity index is 1.63. The molecule has 3 heterocycles. The molecule has 128 valence electrons. The molecule has 0 spiro atoms. The van der Waals surface area contributed by atoms with Gasteiger partial charge in [-0.05, 0) is 44.5 Å². The number of nitrogens with zero attached hydrogens (tertiary/aromatic N) is 4. The van der Waals surface area contributed by atoms with E-state index in [9.17, 15) is 4.79 Å². The number of pyridine rings is 1. The lowest BCUT2D eigenvalue weighted by Gasteiger charge is -2.36. The first-order chi connectivity index (χ1) is 11.5. The number of rotatable bonds is 4. The van der Waals surface area contributed by atoms with Gasteiger partial charge in [0.05, 0.1) is 11.1 Å². The van der Waals surface area contributed by atoms with Gasteiger partial charge in [0.25, 0.3) is 0 Å². The van der Waals surface area contributed by atoms with Gasteiger partial charge >= 0.3 is 0 Å². The highest BCUT2D eigenvalue weighted by Crippen LogP contribution is 2.27. The van der Waals surface area contributed by atoms with Crippen molar-refractivity contribution in [3.8, 4) is 0 Å². The topological polar surface area (TPSA) is 63.1 Å². The summed E-state index contributed by atoms with van der Waals surface area (Å²) in [7, 11) is 1.97. The van der Waals surface area contributed by atoms with Crippen molar-refractivity contribution < 1.29 is 4.79 Å². The number of carbonyl (C=O) groups excluding carboxylic acids is 1. The first-order valence-electron chi connectivity index (χ1n) is 8.19. The van der Waals surface area contributed by atoms with Crippen LogP contribution in [0.4, 0.5) is 5.82 Å². The molecule has 0 radical (unpaired) electrons. The minimum Gasteiger partial charge on any atom is -0.309 e. The molecule has 1 amide bonds. The quantitative estimate of drug-likeness (QED) is 0.923. The number of amides is 1. The van der Waals surface area contributed by atoms with Gasteiger partial charge in [-0.2, -0.15) is 5.10 Å². The molecule has 7 heteroatoms. The molecule has 1 fully saturated rings. The highest BCUT2D eigenvalue weighted by molar-refractivity contribution is 6.30. The normalized spacial score (nSPS) is 19.9. The molecule has 1 saturated heterocycles. The van der Waals surface area contributed by atoms with Crippen molar-refractivity contribution in [2.24, 2.45) is 7.05 Å². The third kappa shape index (κ3) is 3.76. The number of aryl methyl sites for hydroxylation is 1. The van der Waals surface area contributed by atoms with Gasteiger partial charge in [0.1, 0.15) is 5.82 Å². The summed E-state index contributed by atoms with van der Waals surface area (Å²) in [4.78, 5) is 18.9. The van der Waals surface area contributed by atoms with Crippen molar-refractivity contribution >= 4 is 23.3 Å². The summed E-state index contributed by atoms with van der Waals surface area (Å²) in [5.74, 6) is 0.891. The predicted octanol–water partition coefficient (Wildman–Crippen LogP) is 2.68. The van der Waals surface area contributed by atoms with Crippen LogP contribution in [0, 0.1) is 0 Å². The average Bonchev–Trinajstić information content (AvgIpc) is 3.02. The van der Waals surface area contributed by atoms with E-state index < -0.39 is 0 Å². The minimum absolute atomic E-state index is 0.0459.